The summed E-state index contributed by atoms with van der Waals surface area (Å²) in [5.74, 6) is -0.113. The Morgan fingerprint density at radius 1 is 0.941 bits per heavy atom. The monoisotopic (exact) mass is 468 g/mol. The first-order valence-corrected chi connectivity index (χ1v) is 10.9. The first kappa shape index (κ1) is 24.6. The molecule has 0 saturated carbocycles. The van der Waals surface area contributed by atoms with E-state index >= 15 is 0 Å². The summed E-state index contributed by atoms with van der Waals surface area (Å²) < 4.78 is 21.1. The third-order valence-electron chi connectivity index (χ3n) is 5.16. The molecule has 9 nitrogen and oxygen atoms in total. The molecule has 0 fully saturated rings. The van der Waals surface area contributed by atoms with Gasteiger partial charge in [0.15, 0.2) is 6.61 Å². The molecule has 0 aliphatic carbocycles. The maximum atomic E-state index is 12.8. The van der Waals surface area contributed by atoms with Crippen LogP contribution in [0.3, 0.4) is 0 Å². The van der Waals surface area contributed by atoms with Gasteiger partial charge in [-0.05, 0) is 48.7 Å². The third kappa shape index (κ3) is 6.28. The maximum Gasteiger partial charge on any atom is 0.344 e. The van der Waals surface area contributed by atoms with Crippen LogP contribution in [-0.2, 0) is 25.5 Å². The Morgan fingerprint density at radius 3 is 2.24 bits per heavy atom. The largest absolute Gasteiger partial charge is 0.497 e. The lowest BCUT2D eigenvalue weighted by atomic mass is 9.95. The van der Waals surface area contributed by atoms with E-state index in [0.29, 0.717) is 17.1 Å². The van der Waals surface area contributed by atoms with Crippen LogP contribution >= 0.6 is 0 Å². The molecule has 0 saturated heterocycles. The molecule has 2 aromatic carbocycles. The Kier molecular flexibility index (Phi) is 8.50. The molecule has 2 aromatic rings. The van der Waals surface area contributed by atoms with Crippen molar-refractivity contribution >= 4 is 18.0 Å². The molecule has 1 heterocycles. The summed E-state index contributed by atoms with van der Waals surface area (Å²) in [6, 6.07) is 13.0. The van der Waals surface area contributed by atoms with Crippen molar-refractivity contribution in [3.63, 3.8) is 0 Å². The summed E-state index contributed by atoms with van der Waals surface area (Å²) >= 11 is 0. The quantitative estimate of drug-likeness (QED) is 0.516. The number of hydrogen-bond acceptors (Lipinski definition) is 7. The van der Waals surface area contributed by atoms with Gasteiger partial charge in [-0.3, -0.25) is 0 Å². The molecule has 2 N–H and O–H groups in total. The number of carbonyl (C=O) groups excluding carboxylic acids is 3. The highest BCUT2D eigenvalue weighted by Crippen LogP contribution is 2.29. The van der Waals surface area contributed by atoms with E-state index in [1.807, 2.05) is 19.1 Å². The van der Waals surface area contributed by atoms with Crippen LogP contribution in [0.15, 0.2) is 59.8 Å². The molecule has 1 aliphatic heterocycles. The normalized spacial score (nSPS) is 15.1. The molecule has 1 atom stereocenters. The van der Waals surface area contributed by atoms with Crippen LogP contribution in [-0.4, -0.2) is 44.9 Å². The lowest BCUT2D eigenvalue weighted by Gasteiger charge is -2.29. The van der Waals surface area contributed by atoms with Crippen LogP contribution in [0.25, 0.3) is 0 Å². The number of hydrogen-bond donors (Lipinski definition) is 2. The predicted molar refractivity (Wildman–Crippen MR) is 123 cm³/mol. The predicted octanol–water partition coefficient (Wildman–Crippen LogP) is 3.05. The Hall–Kier alpha value is -4.01. The Morgan fingerprint density at radius 2 is 1.62 bits per heavy atom. The highest BCUT2D eigenvalue weighted by Gasteiger charge is 2.34. The fraction of sp³-hybridized carbons (Fsp3) is 0.320. The van der Waals surface area contributed by atoms with Crippen molar-refractivity contribution < 1.29 is 33.3 Å². The van der Waals surface area contributed by atoms with Gasteiger partial charge in [0, 0.05) is 0 Å². The van der Waals surface area contributed by atoms with Crippen molar-refractivity contribution in [1.82, 2.24) is 10.6 Å². The zero-order chi connectivity index (χ0) is 24.5. The summed E-state index contributed by atoms with van der Waals surface area (Å²) in [6.07, 6.45) is 0.901. The van der Waals surface area contributed by atoms with Gasteiger partial charge in [0.2, 0.25) is 0 Å². The average molecular weight is 469 g/mol. The van der Waals surface area contributed by atoms with Gasteiger partial charge in [0.1, 0.15) is 18.1 Å². The van der Waals surface area contributed by atoms with Crippen LogP contribution in [0.1, 0.15) is 31.0 Å². The molecule has 1 unspecified atom stereocenters. The van der Waals surface area contributed by atoms with Crippen LogP contribution < -0.4 is 20.1 Å². The van der Waals surface area contributed by atoms with Crippen molar-refractivity contribution in [1.29, 1.82) is 0 Å². The summed E-state index contributed by atoms with van der Waals surface area (Å²) in [5.41, 5.74) is 2.09. The molecular weight excluding hydrogens is 440 g/mol. The van der Waals surface area contributed by atoms with Gasteiger partial charge in [-0.15, -0.1) is 0 Å². The molecule has 2 amide bonds. The number of esters is 2. The standard InChI is InChI=1S/C25H28N2O7/c1-4-16-6-10-19(11-7-16)33-15-21(28)34-14-20-22(24(29)32-5-2)23(27-25(30)26-20)17-8-12-18(31-3)13-9-17/h6-13,23H,4-5,14-15H2,1-3H3,(H2,26,27,30). The second-order valence-electron chi connectivity index (χ2n) is 7.36. The summed E-state index contributed by atoms with van der Waals surface area (Å²) in [7, 11) is 1.54. The Bertz CT molecular complexity index is 1050. The Balaban J connectivity index is 1.74. The van der Waals surface area contributed by atoms with Gasteiger partial charge in [-0.2, -0.15) is 0 Å². The topological polar surface area (TPSA) is 112 Å². The van der Waals surface area contributed by atoms with Crippen LogP contribution in [0.2, 0.25) is 0 Å². The van der Waals surface area contributed by atoms with Crippen molar-refractivity contribution in [2.75, 3.05) is 26.9 Å². The van der Waals surface area contributed by atoms with E-state index in [1.54, 1.807) is 50.4 Å². The van der Waals surface area contributed by atoms with Crippen LogP contribution in [0.4, 0.5) is 4.79 Å². The minimum Gasteiger partial charge on any atom is -0.497 e. The van der Waals surface area contributed by atoms with E-state index in [0.717, 1.165) is 12.0 Å². The minimum atomic E-state index is -0.791. The molecule has 0 spiro atoms. The number of methoxy groups -OCH3 is 1. The number of benzene rings is 2. The third-order valence-corrected chi connectivity index (χ3v) is 5.16. The van der Waals surface area contributed by atoms with Crippen LogP contribution in [0, 0.1) is 0 Å². The minimum absolute atomic E-state index is 0.142. The summed E-state index contributed by atoms with van der Waals surface area (Å²) in [6.45, 7) is 3.22. The number of aryl methyl sites for hydroxylation is 1. The highest BCUT2D eigenvalue weighted by atomic mass is 16.6. The number of amides is 2. The number of urea groups is 1. The molecule has 0 bridgehead atoms. The number of rotatable bonds is 10. The van der Waals surface area contributed by atoms with Gasteiger partial charge >= 0.3 is 18.0 Å². The SMILES string of the molecule is CCOC(=O)C1=C(COC(=O)COc2ccc(CC)cc2)NC(=O)NC1c1ccc(OC)cc1. The van der Waals surface area contributed by atoms with Gasteiger partial charge in [0.25, 0.3) is 0 Å². The van der Waals surface area contributed by atoms with E-state index in [1.165, 1.54) is 0 Å². The van der Waals surface area contributed by atoms with Gasteiger partial charge in [-0.1, -0.05) is 31.2 Å². The molecule has 0 radical (unpaired) electrons. The smallest absolute Gasteiger partial charge is 0.344 e. The number of carbonyl (C=O) groups is 3. The lowest BCUT2D eigenvalue weighted by Crippen LogP contribution is -2.47. The van der Waals surface area contributed by atoms with E-state index < -0.39 is 24.0 Å². The number of nitrogens with one attached hydrogen (secondary N) is 2. The second-order valence-corrected chi connectivity index (χ2v) is 7.36. The highest BCUT2D eigenvalue weighted by molar-refractivity contribution is 5.95. The lowest BCUT2D eigenvalue weighted by molar-refractivity contribution is -0.145. The summed E-state index contributed by atoms with van der Waals surface area (Å²) in [5, 5.41) is 5.27. The zero-order valence-corrected chi connectivity index (χ0v) is 19.4. The van der Waals surface area contributed by atoms with Gasteiger partial charge < -0.3 is 29.6 Å². The van der Waals surface area contributed by atoms with Crippen LogP contribution in [0.5, 0.6) is 11.5 Å². The fourth-order valence-corrected chi connectivity index (χ4v) is 3.39. The van der Waals surface area contributed by atoms with E-state index in [4.69, 9.17) is 18.9 Å². The molecular formula is C25H28N2O7. The first-order chi connectivity index (χ1) is 16.4. The van der Waals surface area contributed by atoms with E-state index in [9.17, 15) is 14.4 Å². The van der Waals surface area contributed by atoms with Crippen molar-refractivity contribution in [3.05, 3.63) is 70.9 Å². The zero-order valence-electron chi connectivity index (χ0n) is 19.4. The Labute approximate surface area is 198 Å². The first-order valence-electron chi connectivity index (χ1n) is 10.9. The van der Waals surface area contributed by atoms with Crippen molar-refractivity contribution in [2.45, 2.75) is 26.3 Å². The molecule has 1 aliphatic rings. The summed E-state index contributed by atoms with van der Waals surface area (Å²) in [4.78, 5) is 37.3. The van der Waals surface area contributed by atoms with E-state index in [2.05, 4.69) is 10.6 Å². The molecule has 3 rings (SSSR count). The fourth-order valence-electron chi connectivity index (χ4n) is 3.39. The van der Waals surface area contributed by atoms with E-state index in [-0.39, 0.29) is 31.1 Å². The van der Waals surface area contributed by atoms with Gasteiger partial charge in [-0.25, -0.2) is 14.4 Å². The molecule has 9 heteroatoms. The maximum absolute atomic E-state index is 12.8. The molecule has 0 aromatic heterocycles. The number of ether oxygens (including phenoxy) is 4. The van der Waals surface area contributed by atoms with Gasteiger partial charge in [0.05, 0.1) is 31.0 Å². The molecule has 180 valence electrons. The molecule has 34 heavy (non-hydrogen) atoms. The average Bonchev–Trinajstić information content (AvgIpc) is 2.86. The second kappa shape index (κ2) is 11.7. The van der Waals surface area contributed by atoms with Crippen molar-refractivity contribution in [2.24, 2.45) is 0 Å². The van der Waals surface area contributed by atoms with Crippen molar-refractivity contribution in [3.8, 4) is 11.5 Å².